The Bertz CT molecular complexity index is 1440. The third-order valence-corrected chi connectivity index (χ3v) is 30.2. The van der Waals surface area contributed by atoms with Crippen molar-refractivity contribution in [2.75, 3.05) is 245 Å². The summed E-state index contributed by atoms with van der Waals surface area (Å²) >= 11 is 13.8. The van der Waals surface area contributed by atoms with Crippen molar-refractivity contribution in [3.63, 3.8) is 0 Å². The Labute approximate surface area is 683 Å². The summed E-state index contributed by atoms with van der Waals surface area (Å²) < 4.78 is 19.1. The van der Waals surface area contributed by atoms with Gasteiger partial charge in [0.25, 0.3) is 25.4 Å². The van der Waals surface area contributed by atoms with Gasteiger partial charge in [0.15, 0.2) is 0 Å². The third-order valence-electron chi connectivity index (χ3n) is 5.94. The number of hydrogen-bond donors (Lipinski definition) is 8. The molecule has 0 bridgehead atoms. The number of thiol groups is 1. The number of esters is 2. The monoisotopic (exact) mass is 1980 g/mol. The summed E-state index contributed by atoms with van der Waals surface area (Å²) in [7, 11) is 32.3. The van der Waals surface area contributed by atoms with Crippen LogP contribution < -0.4 is 11.5 Å². The highest BCUT2D eigenvalue weighted by Crippen LogP contribution is 2.24. The lowest BCUT2D eigenvalue weighted by molar-refractivity contribution is -0.756. The summed E-state index contributed by atoms with van der Waals surface area (Å²) in [6.07, 6.45) is 0. The number of nitrogens with zero attached hydrogens (tertiary/aromatic N) is 5. The zero-order valence-corrected chi connectivity index (χ0v) is 75.3. The van der Waals surface area contributed by atoms with Gasteiger partial charge >= 0.3 is 11.9 Å². The second-order valence-electron chi connectivity index (χ2n) is 13.7. The number of carbonyl (C=O) groups excluding carboxylic acids is 2. The lowest BCUT2D eigenvalue weighted by Crippen LogP contribution is -2.04. The van der Waals surface area contributed by atoms with Crippen LogP contribution in [0.2, 0.25) is 0 Å². The Balaban J connectivity index is -0.000000112. The van der Waals surface area contributed by atoms with Crippen molar-refractivity contribution >= 4 is 267 Å². The minimum atomic E-state index is -0.860. The molecule has 0 unspecified atom stereocenters. The minimum absolute atomic E-state index is 0.0146. The van der Waals surface area contributed by atoms with Gasteiger partial charge in [0.05, 0.1) is 46.2 Å². The molecule has 99 heavy (non-hydrogen) atoms. The maximum absolute atomic E-state index is 10.3. The molecule has 0 amide bonds. The number of methoxy groups -OCH3 is 2. The molecule has 0 aromatic rings. The molecule has 0 rings (SSSR count). The number of nitrogens with two attached hydrogens (primary N) is 2. The van der Waals surface area contributed by atoms with E-state index in [1.165, 1.54) is 101 Å². The molecule has 0 aromatic heterocycles. The molecule has 0 fully saturated rings. The molecule has 9 N–H and O–H groups in total. The third kappa shape index (κ3) is 191. The van der Waals surface area contributed by atoms with Gasteiger partial charge in [0.1, 0.15) is 46.2 Å². The number of aliphatic hydroxyl groups excluding tert-OH is 5. The van der Waals surface area contributed by atoms with E-state index in [9.17, 15) is 60.2 Å². The molecule has 55 heteroatoms. The maximum atomic E-state index is 10.3. The summed E-state index contributed by atoms with van der Waals surface area (Å²) in [5.74, 6) is 14.6. The van der Waals surface area contributed by atoms with Crippen molar-refractivity contribution in [3.8, 4) is 0 Å². The van der Waals surface area contributed by atoms with E-state index in [0.717, 1.165) is 86.7 Å². The summed E-state index contributed by atoms with van der Waals surface area (Å²) in [5.41, 5.74) is 10.2. The fourth-order valence-corrected chi connectivity index (χ4v) is 20.8. The van der Waals surface area contributed by atoms with Crippen molar-refractivity contribution in [2.45, 2.75) is 13.8 Å². The van der Waals surface area contributed by atoms with Crippen molar-refractivity contribution < 1.29 is 104 Å². The molecule has 0 aliphatic rings. The first-order valence-corrected chi connectivity index (χ1v) is 54.1. The quantitative estimate of drug-likeness (QED) is 0.00533. The van der Waals surface area contributed by atoms with Crippen LogP contribution in [0.1, 0.15) is 13.8 Å². The molecular weight excluding hydrogens is 1890 g/mol. The van der Waals surface area contributed by atoms with Crippen LogP contribution in [0, 0.1) is 50.6 Å². The number of rotatable bonds is 60. The predicted molar refractivity (Wildman–Crippen MR) is 455 cm³/mol. The van der Waals surface area contributed by atoms with E-state index in [1.807, 2.05) is 21.6 Å². The van der Waals surface area contributed by atoms with Crippen LogP contribution in [-0.2, 0) is 52.7 Å². The standard InChI is InChI=1S/C7H14O3S2.C6H11NO5S2.C5H12O2S2.C4H8Br2S2.C4H9BrOS2.C4H8N2O6S2.C4H10N2O3S2.C4H9NO4S2.C4H10O2S2.C2H7NS/c1-7(8)10-4-6-12-11-5-3-9-2;1-6(8)11-2-4-13-14-5-3-12-7(9)10;1-7-3-5-9-8-4-2-6;2*5-1-3-7-8-4-2-6;7-5(8)11-1-3-13-14-4-2-12-6(9)10;5-1-3-10-11-4-2-9-6(7)8;6-1-3-10-11-4-2-9-5(7)8;5-1-3-7-8-4-2-6;3-1-2-4/h3-6H2,1-2H3;2-5H2,1H3;6H,2-5H2,1H3;1-4H2;6H,1-4H2;1-4H2;1-5H2;6H,1-4H2;5-6H,1-4H2;4H,1-3H2. The van der Waals surface area contributed by atoms with E-state index in [2.05, 4.69) is 89.3 Å². The number of aliphatic hydroxyl groups is 5. The second kappa shape index (κ2) is 127. The molecule has 0 aromatic carbocycles. The minimum Gasteiger partial charge on any atom is -0.465 e. The number of halogens is 3. The number of ether oxygens (including phenoxy) is 4. The van der Waals surface area contributed by atoms with Crippen LogP contribution in [0.5, 0.6) is 0 Å². The van der Waals surface area contributed by atoms with Crippen molar-refractivity contribution in [1.29, 1.82) is 0 Å². The molecule has 0 spiro atoms. The Morgan fingerprint density at radius 1 is 0.333 bits per heavy atom. The number of alkyl halides is 3. The normalized spacial score (nSPS) is 9.57. The molecule has 600 valence electrons. The van der Waals surface area contributed by atoms with Gasteiger partial charge in [-0.05, 0) is 0 Å². The van der Waals surface area contributed by atoms with Gasteiger partial charge in [-0.15, -0.1) is 50.6 Å². The molecule has 0 radical (unpaired) electrons. The smallest absolute Gasteiger partial charge is 0.302 e. The van der Waals surface area contributed by atoms with Gasteiger partial charge in [0, 0.05) is 166 Å². The first-order chi connectivity index (χ1) is 47.6. The summed E-state index contributed by atoms with van der Waals surface area (Å²) in [5, 5.41) is 89.0. The molecule has 0 atom stereocenters. The van der Waals surface area contributed by atoms with E-state index in [-0.39, 0.29) is 71.4 Å². The fraction of sp³-hybridized carbons (Fsp3) is 0.955. The van der Waals surface area contributed by atoms with Gasteiger partial charge in [-0.1, -0.05) is 242 Å². The summed E-state index contributed by atoms with van der Waals surface area (Å²) in [6, 6.07) is 0. The van der Waals surface area contributed by atoms with Crippen LogP contribution in [0.15, 0.2) is 0 Å². The van der Waals surface area contributed by atoms with Crippen molar-refractivity contribution in [2.24, 2.45) is 11.5 Å². The predicted octanol–water partition coefficient (Wildman–Crippen LogP) is 10.8. The maximum Gasteiger partial charge on any atom is 0.302 e. The Morgan fingerprint density at radius 2 is 0.505 bits per heavy atom. The molecule has 0 saturated heterocycles. The van der Waals surface area contributed by atoms with Gasteiger partial charge in [-0.3, -0.25) is 9.59 Å². The first-order valence-electron chi connectivity index (χ1n) is 27.7. The summed E-state index contributed by atoms with van der Waals surface area (Å²) in [6.45, 7) is 8.02. The highest BCUT2D eigenvalue weighted by atomic mass is 79.9. The second-order valence-corrected chi connectivity index (χ2v) is 40.9. The highest BCUT2D eigenvalue weighted by molar-refractivity contribution is 9.09. The Hall–Kier alpha value is 2.67. The fourth-order valence-electron chi connectivity index (χ4n) is 2.79. The van der Waals surface area contributed by atoms with Gasteiger partial charge in [-0.2, -0.15) is 12.6 Å². The molecule has 0 aliphatic heterocycles. The molecule has 0 aliphatic carbocycles. The zero-order chi connectivity index (χ0) is 77.0. The van der Waals surface area contributed by atoms with E-state index in [0.29, 0.717) is 73.2 Å². The Kier molecular flexibility index (Phi) is 158. The van der Waals surface area contributed by atoms with Gasteiger partial charge < -0.3 is 80.1 Å². The summed E-state index contributed by atoms with van der Waals surface area (Å²) in [4.78, 5) is 89.3. The molecule has 0 saturated carbocycles. The largest absolute Gasteiger partial charge is 0.465 e. The zero-order valence-electron chi connectivity index (χ0n) is 55.0. The number of hydrogen-bond acceptors (Lipinski definition) is 47. The van der Waals surface area contributed by atoms with E-state index >= 15 is 0 Å². The van der Waals surface area contributed by atoms with Crippen LogP contribution in [0.3, 0.4) is 0 Å². The lowest BCUT2D eigenvalue weighted by Gasteiger charge is -2.01. The number of carbonyl (C=O) groups is 2. The SMILES string of the molecule is BrCCSSCCBr.CC(=O)OCCSSCCO[N+](=O)[O-].COCCSSCCO.COCCSSCCOC(C)=O.NCCS.NCCSSCCO[N+](=O)[O-].O=[N+]([O-])OCCSSCCO.O=[N+]([O-])OCCSSCCO[N+](=O)[O-].OCCSSCCBr.OCCSSCCO. The van der Waals surface area contributed by atoms with Gasteiger partial charge in [-0.25, -0.2) is 0 Å². The average molecular weight is 1990 g/mol. The first kappa shape index (κ1) is 123. The Morgan fingerprint density at radius 3 is 0.657 bits per heavy atom. The van der Waals surface area contributed by atoms with Crippen molar-refractivity contribution in [1.82, 2.24) is 0 Å². The lowest BCUT2D eigenvalue weighted by atomic mass is 10.8. The topological polar surface area (TPSA) is 486 Å². The van der Waals surface area contributed by atoms with Crippen LogP contribution in [-0.4, -0.2) is 308 Å². The van der Waals surface area contributed by atoms with Crippen molar-refractivity contribution in [3.05, 3.63) is 50.6 Å². The van der Waals surface area contributed by atoms with Crippen LogP contribution in [0.4, 0.5) is 0 Å². The average Bonchev–Trinajstić information content (AvgIpc) is 3.69. The van der Waals surface area contributed by atoms with Gasteiger partial charge in [0.2, 0.25) is 0 Å². The van der Waals surface area contributed by atoms with E-state index < -0.39 is 25.4 Å². The molecular formula is C44H98Br3N7O26S19. The van der Waals surface area contributed by atoms with Crippen LogP contribution in [0.25, 0.3) is 0 Å². The van der Waals surface area contributed by atoms with E-state index in [4.69, 9.17) is 51.2 Å². The molecule has 0 heterocycles. The van der Waals surface area contributed by atoms with Crippen LogP contribution >= 0.6 is 255 Å². The van der Waals surface area contributed by atoms with E-state index in [1.54, 1.807) is 111 Å². The highest BCUT2D eigenvalue weighted by Gasteiger charge is 2.01. The molecule has 33 nitrogen and oxygen atoms in total.